The van der Waals surface area contributed by atoms with Gasteiger partial charge in [0.2, 0.25) is 5.91 Å². The third-order valence-corrected chi connectivity index (χ3v) is 3.39. The molecule has 0 spiro atoms. The average molecular weight is 307 g/mol. The second-order valence-corrected chi connectivity index (χ2v) is 4.97. The van der Waals surface area contributed by atoms with Crippen molar-refractivity contribution in [2.75, 3.05) is 5.32 Å². The maximum atomic E-state index is 12.7. The summed E-state index contributed by atoms with van der Waals surface area (Å²) < 4.78 is 43.7. The SMILES string of the molecule is O=C1CCc2cccc(Oc3cccc(C(F)(F)F)c3)c2N1. The van der Waals surface area contributed by atoms with Crippen LogP contribution in [-0.4, -0.2) is 5.91 Å². The summed E-state index contributed by atoms with van der Waals surface area (Å²) in [5.41, 5.74) is 0.652. The number of amides is 1. The lowest BCUT2D eigenvalue weighted by atomic mass is 10.0. The van der Waals surface area contributed by atoms with E-state index in [4.69, 9.17) is 4.74 Å². The zero-order valence-electron chi connectivity index (χ0n) is 11.4. The third-order valence-electron chi connectivity index (χ3n) is 3.39. The van der Waals surface area contributed by atoms with Gasteiger partial charge in [-0.25, -0.2) is 0 Å². The van der Waals surface area contributed by atoms with Gasteiger partial charge in [-0.1, -0.05) is 18.2 Å². The molecule has 6 heteroatoms. The standard InChI is InChI=1S/C16H12F3NO2/c17-16(18,19)11-4-2-5-12(9-11)22-13-6-1-3-10-7-8-14(21)20-15(10)13/h1-6,9H,7-8H2,(H,20,21). The number of benzene rings is 2. The van der Waals surface area contributed by atoms with Crippen LogP contribution in [0.3, 0.4) is 0 Å². The van der Waals surface area contributed by atoms with E-state index in [9.17, 15) is 18.0 Å². The number of anilines is 1. The van der Waals surface area contributed by atoms with E-state index in [2.05, 4.69) is 5.32 Å². The van der Waals surface area contributed by atoms with Gasteiger partial charge in [-0.2, -0.15) is 13.2 Å². The van der Waals surface area contributed by atoms with Crippen molar-refractivity contribution in [1.29, 1.82) is 0 Å². The zero-order valence-corrected chi connectivity index (χ0v) is 11.4. The number of hydrogen-bond acceptors (Lipinski definition) is 2. The molecule has 0 saturated heterocycles. The smallest absolute Gasteiger partial charge is 0.416 e. The fourth-order valence-electron chi connectivity index (χ4n) is 2.32. The summed E-state index contributed by atoms with van der Waals surface area (Å²) in [5, 5.41) is 2.71. The number of carbonyl (C=O) groups is 1. The number of nitrogens with one attached hydrogen (secondary N) is 1. The highest BCUT2D eigenvalue weighted by Gasteiger charge is 2.30. The maximum Gasteiger partial charge on any atom is 0.416 e. The molecular weight excluding hydrogens is 295 g/mol. The molecule has 0 saturated carbocycles. The Labute approximate surface area is 124 Å². The highest BCUT2D eigenvalue weighted by atomic mass is 19.4. The topological polar surface area (TPSA) is 38.3 Å². The van der Waals surface area contributed by atoms with Crippen molar-refractivity contribution in [2.24, 2.45) is 0 Å². The summed E-state index contributed by atoms with van der Waals surface area (Å²) in [5.74, 6) is 0.278. The molecule has 0 bridgehead atoms. The van der Waals surface area contributed by atoms with E-state index in [1.165, 1.54) is 12.1 Å². The van der Waals surface area contributed by atoms with Crippen molar-refractivity contribution in [3.05, 3.63) is 53.6 Å². The minimum absolute atomic E-state index is 0.0723. The van der Waals surface area contributed by atoms with Gasteiger partial charge in [-0.05, 0) is 36.2 Å². The summed E-state index contributed by atoms with van der Waals surface area (Å²) in [6, 6.07) is 9.86. The first kappa shape index (κ1) is 14.4. The molecule has 1 aliphatic rings. The first-order valence-corrected chi connectivity index (χ1v) is 6.70. The second kappa shape index (κ2) is 5.36. The molecule has 2 aromatic rings. The van der Waals surface area contributed by atoms with E-state index < -0.39 is 11.7 Å². The minimum Gasteiger partial charge on any atom is -0.455 e. The number of carbonyl (C=O) groups excluding carboxylic acids is 1. The molecule has 0 aromatic heterocycles. The molecule has 2 aromatic carbocycles. The van der Waals surface area contributed by atoms with Gasteiger partial charge in [0, 0.05) is 6.42 Å². The largest absolute Gasteiger partial charge is 0.455 e. The number of ether oxygens (including phenoxy) is 1. The Bertz CT molecular complexity index is 726. The molecular formula is C16H12F3NO2. The molecule has 0 radical (unpaired) electrons. The Morgan fingerprint density at radius 3 is 2.59 bits per heavy atom. The highest BCUT2D eigenvalue weighted by molar-refractivity contribution is 5.95. The lowest BCUT2D eigenvalue weighted by Crippen LogP contribution is -2.19. The van der Waals surface area contributed by atoms with Gasteiger partial charge in [0.05, 0.1) is 11.3 Å². The van der Waals surface area contributed by atoms with Crippen LogP contribution in [0.15, 0.2) is 42.5 Å². The zero-order chi connectivity index (χ0) is 15.7. The number of hydrogen-bond donors (Lipinski definition) is 1. The molecule has 1 aliphatic heterocycles. The van der Waals surface area contributed by atoms with Crippen molar-refractivity contribution < 1.29 is 22.7 Å². The molecule has 22 heavy (non-hydrogen) atoms. The fraction of sp³-hybridized carbons (Fsp3) is 0.188. The number of rotatable bonds is 2. The number of para-hydroxylation sites is 1. The van der Waals surface area contributed by atoms with Crippen molar-refractivity contribution >= 4 is 11.6 Å². The molecule has 0 fully saturated rings. The van der Waals surface area contributed by atoms with Crippen LogP contribution >= 0.6 is 0 Å². The maximum absolute atomic E-state index is 12.7. The van der Waals surface area contributed by atoms with Crippen molar-refractivity contribution in [2.45, 2.75) is 19.0 Å². The Morgan fingerprint density at radius 2 is 1.82 bits per heavy atom. The van der Waals surface area contributed by atoms with Crippen LogP contribution in [0.25, 0.3) is 0 Å². The van der Waals surface area contributed by atoms with Gasteiger partial charge in [0.25, 0.3) is 0 Å². The van der Waals surface area contributed by atoms with E-state index in [1.807, 2.05) is 6.07 Å². The van der Waals surface area contributed by atoms with Gasteiger partial charge in [-0.3, -0.25) is 4.79 Å². The summed E-state index contributed by atoms with van der Waals surface area (Å²) in [4.78, 5) is 11.5. The van der Waals surface area contributed by atoms with Gasteiger partial charge in [-0.15, -0.1) is 0 Å². The summed E-state index contributed by atoms with van der Waals surface area (Å²) in [7, 11) is 0. The fourth-order valence-corrected chi connectivity index (χ4v) is 2.32. The predicted octanol–water partition coefficient (Wildman–Crippen LogP) is 4.38. The quantitative estimate of drug-likeness (QED) is 0.894. The van der Waals surface area contributed by atoms with Crippen LogP contribution in [0.4, 0.5) is 18.9 Å². The van der Waals surface area contributed by atoms with Crippen LogP contribution in [0.2, 0.25) is 0 Å². The van der Waals surface area contributed by atoms with E-state index >= 15 is 0 Å². The van der Waals surface area contributed by atoms with E-state index in [1.54, 1.807) is 12.1 Å². The number of alkyl halides is 3. The molecule has 3 rings (SSSR count). The lowest BCUT2D eigenvalue weighted by molar-refractivity contribution is -0.137. The monoisotopic (exact) mass is 307 g/mol. The van der Waals surface area contributed by atoms with E-state index in [-0.39, 0.29) is 11.7 Å². The first-order chi connectivity index (χ1) is 10.4. The number of fused-ring (bicyclic) bond motifs is 1. The number of aryl methyl sites for hydroxylation is 1. The van der Waals surface area contributed by atoms with Gasteiger partial charge in [0.15, 0.2) is 5.75 Å². The first-order valence-electron chi connectivity index (χ1n) is 6.70. The third kappa shape index (κ3) is 2.90. The average Bonchev–Trinajstić information content (AvgIpc) is 2.47. The van der Waals surface area contributed by atoms with Crippen molar-refractivity contribution in [3.63, 3.8) is 0 Å². The van der Waals surface area contributed by atoms with Crippen LogP contribution in [0, 0.1) is 0 Å². The van der Waals surface area contributed by atoms with E-state index in [0.717, 1.165) is 17.7 Å². The van der Waals surface area contributed by atoms with Crippen LogP contribution in [-0.2, 0) is 17.4 Å². The Balaban J connectivity index is 1.93. The van der Waals surface area contributed by atoms with Gasteiger partial charge in [0.1, 0.15) is 5.75 Å². The Morgan fingerprint density at radius 1 is 1.05 bits per heavy atom. The Kier molecular flexibility index (Phi) is 3.52. The molecule has 0 atom stereocenters. The molecule has 1 amide bonds. The number of halogens is 3. The van der Waals surface area contributed by atoms with Crippen LogP contribution in [0.5, 0.6) is 11.5 Å². The molecule has 1 heterocycles. The summed E-state index contributed by atoms with van der Waals surface area (Å²) in [6.45, 7) is 0. The minimum atomic E-state index is -4.43. The molecule has 3 nitrogen and oxygen atoms in total. The Hall–Kier alpha value is -2.50. The van der Waals surface area contributed by atoms with Gasteiger partial charge >= 0.3 is 6.18 Å². The lowest BCUT2D eigenvalue weighted by Gasteiger charge is -2.20. The van der Waals surface area contributed by atoms with Crippen LogP contribution in [0.1, 0.15) is 17.5 Å². The summed E-state index contributed by atoms with van der Waals surface area (Å²) in [6.07, 6.45) is -3.45. The highest BCUT2D eigenvalue weighted by Crippen LogP contribution is 2.37. The normalized spacial score (nSPS) is 14.2. The van der Waals surface area contributed by atoms with Gasteiger partial charge < -0.3 is 10.1 Å². The molecule has 0 aliphatic carbocycles. The van der Waals surface area contributed by atoms with E-state index in [0.29, 0.717) is 24.3 Å². The molecule has 114 valence electrons. The summed E-state index contributed by atoms with van der Waals surface area (Å²) >= 11 is 0. The van der Waals surface area contributed by atoms with Crippen molar-refractivity contribution in [1.82, 2.24) is 0 Å². The molecule has 0 unspecified atom stereocenters. The van der Waals surface area contributed by atoms with Crippen LogP contribution < -0.4 is 10.1 Å². The second-order valence-electron chi connectivity index (χ2n) is 4.97. The van der Waals surface area contributed by atoms with Crippen molar-refractivity contribution in [3.8, 4) is 11.5 Å². The predicted molar refractivity (Wildman–Crippen MR) is 74.9 cm³/mol. The molecule has 1 N–H and O–H groups in total.